The number of hydrogen-bond donors (Lipinski definition) is 0. The standard InChI is InChI=1S/C19H21N3O3S3/c23-28(24,13-11-25-17-4-2-1-3-5-17)22-9-7-21(8-10-22)19-20-18(15-27-19)16-6-12-26-14-16/h1-6,12,14-15H,7-11,13H2. The average molecular weight is 436 g/mol. The molecule has 9 heteroatoms. The van der Waals surface area contributed by atoms with Crippen molar-refractivity contribution in [2.24, 2.45) is 0 Å². The third kappa shape index (κ3) is 4.54. The lowest BCUT2D eigenvalue weighted by Gasteiger charge is -2.33. The fraction of sp³-hybridized carbons (Fsp3) is 0.316. The Kier molecular flexibility index (Phi) is 5.96. The zero-order chi connectivity index (χ0) is 19.4. The van der Waals surface area contributed by atoms with Crippen molar-refractivity contribution in [2.75, 3.05) is 43.4 Å². The van der Waals surface area contributed by atoms with Crippen molar-refractivity contribution in [3.63, 3.8) is 0 Å². The number of sulfonamides is 1. The van der Waals surface area contributed by atoms with E-state index in [-0.39, 0.29) is 12.4 Å². The number of aromatic nitrogens is 1. The number of anilines is 1. The summed E-state index contributed by atoms with van der Waals surface area (Å²) >= 11 is 3.26. The molecule has 3 heterocycles. The van der Waals surface area contributed by atoms with Gasteiger partial charge in [0.05, 0.1) is 11.4 Å². The number of para-hydroxylation sites is 1. The number of thiazole rings is 1. The van der Waals surface area contributed by atoms with E-state index in [1.807, 2.05) is 35.7 Å². The summed E-state index contributed by atoms with van der Waals surface area (Å²) in [6, 6.07) is 11.3. The van der Waals surface area contributed by atoms with E-state index in [9.17, 15) is 8.42 Å². The van der Waals surface area contributed by atoms with Gasteiger partial charge >= 0.3 is 0 Å². The second-order valence-corrected chi connectivity index (χ2v) is 10.1. The first-order chi connectivity index (χ1) is 13.6. The molecule has 0 atom stereocenters. The molecule has 3 aromatic rings. The Balaban J connectivity index is 1.29. The summed E-state index contributed by atoms with van der Waals surface area (Å²) in [7, 11) is -3.32. The molecule has 1 aliphatic rings. The smallest absolute Gasteiger partial charge is 0.217 e. The second-order valence-electron chi connectivity index (χ2n) is 6.39. The van der Waals surface area contributed by atoms with Crippen molar-refractivity contribution in [3.8, 4) is 17.0 Å². The van der Waals surface area contributed by atoms with Crippen LogP contribution in [0.4, 0.5) is 5.13 Å². The molecule has 0 bridgehead atoms. The molecule has 6 nitrogen and oxygen atoms in total. The second kappa shape index (κ2) is 8.60. The van der Waals surface area contributed by atoms with Gasteiger partial charge in [-0.15, -0.1) is 11.3 Å². The van der Waals surface area contributed by atoms with Crippen LogP contribution in [0.3, 0.4) is 0 Å². The highest BCUT2D eigenvalue weighted by molar-refractivity contribution is 7.89. The fourth-order valence-corrected chi connectivity index (χ4v) is 5.83. The van der Waals surface area contributed by atoms with Gasteiger partial charge in [0, 0.05) is 42.5 Å². The number of rotatable bonds is 7. The zero-order valence-electron chi connectivity index (χ0n) is 15.2. The third-order valence-corrected chi connectivity index (χ3v) is 7.98. The van der Waals surface area contributed by atoms with Gasteiger partial charge in [-0.25, -0.2) is 13.4 Å². The lowest BCUT2D eigenvalue weighted by atomic mass is 10.3. The summed E-state index contributed by atoms with van der Waals surface area (Å²) in [5, 5.41) is 7.13. The Labute approximate surface area is 173 Å². The van der Waals surface area contributed by atoms with Gasteiger partial charge in [0.15, 0.2) is 5.13 Å². The summed E-state index contributed by atoms with van der Waals surface area (Å²) in [4.78, 5) is 6.87. The molecule has 148 valence electrons. The molecule has 0 amide bonds. The maximum absolute atomic E-state index is 12.6. The molecule has 0 spiro atoms. The van der Waals surface area contributed by atoms with Crippen LogP contribution in [-0.4, -0.2) is 56.2 Å². The van der Waals surface area contributed by atoms with Gasteiger partial charge in [-0.2, -0.15) is 15.6 Å². The maximum atomic E-state index is 12.6. The maximum Gasteiger partial charge on any atom is 0.217 e. The van der Waals surface area contributed by atoms with Crippen molar-refractivity contribution in [1.82, 2.24) is 9.29 Å². The Morgan fingerprint density at radius 2 is 1.82 bits per heavy atom. The highest BCUT2D eigenvalue weighted by Gasteiger charge is 2.28. The lowest BCUT2D eigenvalue weighted by molar-refractivity contribution is 0.331. The molecule has 0 N–H and O–H groups in total. The first-order valence-electron chi connectivity index (χ1n) is 9.00. The van der Waals surface area contributed by atoms with E-state index in [1.165, 1.54) is 0 Å². The molecule has 0 saturated carbocycles. The number of thiophene rings is 1. The number of piperazine rings is 1. The molecular formula is C19H21N3O3S3. The number of nitrogens with zero attached hydrogens (tertiary/aromatic N) is 3. The van der Waals surface area contributed by atoms with Gasteiger partial charge in [0.2, 0.25) is 10.0 Å². The van der Waals surface area contributed by atoms with Crippen LogP contribution in [0.1, 0.15) is 0 Å². The van der Waals surface area contributed by atoms with Crippen molar-refractivity contribution in [3.05, 3.63) is 52.5 Å². The van der Waals surface area contributed by atoms with Gasteiger partial charge < -0.3 is 9.64 Å². The van der Waals surface area contributed by atoms with Crippen molar-refractivity contribution >= 4 is 37.8 Å². The largest absolute Gasteiger partial charge is 0.492 e. The molecule has 0 unspecified atom stereocenters. The Bertz CT molecular complexity index is 980. The van der Waals surface area contributed by atoms with Crippen LogP contribution in [0.2, 0.25) is 0 Å². The molecule has 1 aliphatic heterocycles. The average Bonchev–Trinajstić information content (AvgIpc) is 3.41. The van der Waals surface area contributed by atoms with E-state index >= 15 is 0 Å². The Morgan fingerprint density at radius 3 is 2.54 bits per heavy atom. The molecule has 1 saturated heterocycles. The zero-order valence-corrected chi connectivity index (χ0v) is 17.7. The molecule has 1 aromatic carbocycles. The monoisotopic (exact) mass is 435 g/mol. The number of ether oxygens (including phenoxy) is 1. The summed E-state index contributed by atoms with van der Waals surface area (Å²) in [6.45, 7) is 2.40. The Hall–Kier alpha value is -1.94. The molecule has 28 heavy (non-hydrogen) atoms. The number of hydrogen-bond acceptors (Lipinski definition) is 7. The summed E-state index contributed by atoms with van der Waals surface area (Å²) < 4.78 is 32.3. The van der Waals surface area contributed by atoms with Crippen LogP contribution in [-0.2, 0) is 10.0 Å². The normalized spacial score (nSPS) is 15.6. The minimum Gasteiger partial charge on any atom is -0.492 e. The molecule has 0 radical (unpaired) electrons. The van der Waals surface area contributed by atoms with Crippen LogP contribution < -0.4 is 9.64 Å². The minimum atomic E-state index is -3.32. The van der Waals surface area contributed by atoms with E-state index < -0.39 is 10.0 Å². The van der Waals surface area contributed by atoms with Crippen molar-refractivity contribution < 1.29 is 13.2 Å². The van der Waals surface area contributed by atoms with E-state index in [1.54, 1.807) is 27.0 Å². The first-order valence-corrected chi connectivity index (χ1v) is 12.4. The van der Waals surface area contributed by atoms with E-state index in [4.69, 9.17) is 9.72 Å². The first kappa shape index (κ1) is 19.4. The van der Waals surface area contributed by atoms with Crippen molar-refractivity contribution in [1.29, 1.82) is 0 Å². The van der Waals surface area contributed by atoms with Crippen LogP contribution in [0.5, 0.6) is 5.75 Å². The predicted octanol–water partition coefficient (Wildman–Crippen LogP) is 3.40. The molecule has 0 aliphatic carbocycles. The van der Waals surface area contributed by atoms with Gasteiger partial charge in [-0.1, -0.05) is 18.2 Å². The molecule has 4 rings (SSSR count). The highest BCUT2D eigenvalue weighted by Crippen LogP contribution is 2.29. The van der Waals surface area contributed by atoms with Gasteiger partial charge in [-0.3, -0.25) is 0 Å². The van der Waals surface area contributed by atoms with Crippen molar-refractivity contribution in [2.45, 2.75) is 0 Å². The van der Waals surface area contributed by atoms with Gasteiger partial charge in [-0.05, 0) is 23.6 Å². The quantitative estimate of drug-likeness (QED) is 0.569. The van der Waals surface area contributed by atoms with Gasteiger partial charge in [0.1, 0.15) is 12.4 Å². The van der Waals surface area contributed by atoms with Gasteiger partial charge in [0.25, 0.3) is 0 Å². The van der Waals surface area contributed by atoms with Crippen LogP contribution in [0, 0.1) is 0 Å². The van der Waals surface area contributed by atoms with E-state index in [0.29, 0.717) is 31.9 Å². The topological polar surface area (TPSA) is 62.7 Å². The SMILES string of the molecule is O=S(=O)(CCOc1ccccc1)N1CCN(c2nc(-c3ccsc3)cs2)CC1. The van der Waals surface area contributed by atoms with Crippen LogP contribution in [0.15, 0.2) is 52.5 Å². The fourth-order valence-electron chi connectivity index (χ4n) is 3.02. The molecule has 2 aromatic heterocycles. The molecular weight excluding hydrogens is 414 g/mol. The predicted molar refractivity (Wildman–Crippen MR) is 115 cm³/mol. The Morgan fingerprint density at radius 1 is 1.04 bits per heavy atom. The van der Waals surface area contributed by atoms with Crippen LogP contribution >= 0.6 is 22.7 Å². The van der Waals surface area contributed by atoms with E-state index in [0.717, 1.165) is 16.4 Å². The van der Waals surface area contributed by atoms with Crippen LogP contribution in [0.25, 0.3) is 11.3 Å². The number of benzene rings is 1. The third-order valence-electron chi connectivity index (χ3n) is 4.56. The molecule has 1 fully saturated rings. The summed E-state index contributed by atoms with van der Waals surface area (Å²) in [6.07, 6.45) is 0. The lowest BCUT2D eigenvalue weighted by Crippen LogP contribution is -2.49. The minimum absolute atomic E-state index is 0.0124. The highest BCUT2D eigenvalue weighted by atomic mass is 32.2. The summed E-state index contributed by atoms with van der Waals surface area (Å²) in [5.41, 5.74) is 2.11. The summed E-state index contributed by atoms with van der Waals surface area (Å²) in [5.74, 6) is 0.675. The van der Waals surface area contributed by atoms with E-state index in [2.05, 4.69) is 21.7 Å².